The largest absolute Gasteiger partial charge is 0.488 e. The highest BCUT2D eigenvalue weighted by molar-refractivity contribution is 6.08. The number of benzene rings is 2. The Labute approximate surface area is 184 Å². The van der Waals surface area contributed by atoms with Gasteiger partial charge in [-0.3, -0.25) is 9.69 Å². The topological polar surface area (TPSA) is 110 Å². The van der Waals surface area contributed by atoms with Gasteiger partial charge in [0.05, 0.1) is 24.9 Å². The number of anilines is 3. The van der Waals surface area contributed by atoms with Crippen LogP contribution in [0.1, 0.15) is 20.8 Å². The van der Waals surface area contributed by atoms with Crippen LogP contribution in [0.5, 0.6) is 5.75 Å². The standard InChI is InChI=1S/C23H20N4O5/c1-31-22(29)16-9-5-6-10-17(16)26-21(28)18-11-12-19-20(25-18)27(13-14-32-19)23(30)24-15-7-3-2-4-8-15/h2-12H,13-14H2,1H3,(H,24,30)(H,26,28). The molecule has 0 unspecified atom stereocenters. The second kappa shape index (κ2) is 9.17. The Kier molecular flexibility index (Phi) is 5.98. The summed E-state index contributed by atoms with van der Waals surface area (Å²) in [5.41, 5.74) is 1.21. The number of esters is 1. The number of pyridine rings is 1. The smallest absolute Gasteiger partial charge is 0.339 e. The number of nitrogens with one attached hydrogen (secondary N) is 2. The molecule has 0 spiro atoms. The summed E-state index contributed by atoms with van der Waals surface area (Å²) in [6.07, 6.45) is 0. The van der Waals surface area contributed by atoms with Gasteiger partial charge in [0.15, 0.2) is 11.6 Å². The van der Waals surface area contributed by atoms with Crippen molar-refractivity contribution in [1.29, 1.82) is 0 Å². The average molecular weight is 432 g/mol. The molecule has 3 amide bonds. The first-order chi connectivity index (χ1) is 15.6. The quantitative estimate of drug-likeness (QED) is 0.610. The van der Waals surface area contributed by atoms with E-state index in [9.17, 15) is 14.4 Å². The van der Waals surface area contributed by atoms with Gasteiger partial charge in [0.2, 0.25) is 0 Å². The predicted octanol–water partition coefficient (Wildman–Crippen LogP) is 3.55. The number of fused-ring (bicyclic) bond motifs is 1. The summed E-state index contributed by atoms with van der Waals surface area (Å²) in [6, 6.07) is 18.2. The number of rotatable bonds is 4. The predicted molar refractivity (Wildman–Crippen MR) is 118 cm³/mol. The third-order valence-corrected chi connectivity index (χ3v) is 4.75. The SMILES string of the molecule is COC(=O)c1ccccc1NC(=O)c1ccc2c(n1)N(C(=O)Nc1ccccc1)CCO2. The molecule has 1 aliphatic rings. The first-order valence-electron chi connectivity index (χ1n) is 9.83. The van der Waals surface area contributed by atoms with Crippen LogP contribution in [0.15, 0.2) is 66.7 Å². The van der Waals surface area contributed by atoms with E-state index >= 15 is 0 Å². The summed E-state index contributed by atoms with van der Waals surface area (Å²) in [6.45, 7) is 0.573. The number of urea groups is 1. The highest BCUT2D eigenvalue weighted by Gasteiger charge is 2.27. The van der Waals surface area contributed by atoms with E-state index in [0.717, 1.165) is 0 Å². The first kappa shape index (κ1) is 20.9. The minimum Gasteiger partial charge on any atom is -0.488 e. The van der Waals surface area contributed by atoms with Gasteiger partial charge in [0.1, 0.15) is 12.3 Å². The van der Waals surface area contributed by atoms with Crippen molar-refractivity contribution < 1.29 is 23.9 Å². The third kappa shape index (κ3) is 4.36. The summed E-state index contributed by atoms with van der Waals surface area (Å²) < 4.78 is 10.3. The van der Waals surface area contributed by atoms with Gasteiger partial charge in [-0.1, -0.05) is 30.3 Å². The molecule has 0 atom stereocenters. The van der Waals surface area contributed by atoms with Gasteiger partial charge < -0.3 is 20.1 Å². The van der Waals surface area contributed by atoms with Gasteiger partial charge in [0, 0.05) is 5.69 Å². The Morgan fingerprint density at radius 3 is 2.50 bits per heavy atom. The van der Waals surface area contributed by atoms with Gasteiger partial charge in [-0.15, -0.1) is 0 Å². The molecule has 0 saturated carbocycles. The van der Waals surface area contributed by atoms with Crippen molar-refractivity contribution in [3.05, 3.63) is 78.0 Å². The van der Waals surface area contributed by atoms with Crippen LogP contribution in [0.25, 0.3) is 0 Å². The molecule has 9 nitrogen and oxygen atoms in total. The van der Waals surface area contributed by atoms with Gasteiger partial charge in [0.25, 0.3) is 5.91 Å². The van der Waals surface area contributed by atoms with Crippen LogP contribution in [0, 0.1) is 0 Å². The molecule has 162 valence electrons. The van der Waals surface area contributed by atoms with E-state index in [2.05, 4.69) is 15.6 Å². The van der Waals surface area contributed by atoms with Crippen molar-refractivity contribution in [2.75, 3.05) is 35.8 Å². The summed E-state index contributed by atoms with van der Waals surface area (Å²) >= 11 is 0. The average Bonchev–Trinajstić information content (AvgIpc) is 2.83. The summed E-state index contributed by atoms with van der Waals surface area (Å²) in [5, 5.41) is 5.48. The molecule has 1 aliphatic heterocycles. The maximum atomic E-state index is 12.8. The molecule has 4 rings (SSSR count). The van der Waals surface area contributed by atoms with Gasteiger partial charge in [-0.05, 0) is 36.4 Å². The van der Waals surface area contributed by atoms with Gasteiger partial charge >= 0.3 is 12.0 Å². The van der Waals surface area contributed by atoms with E-state index < -0.39 is 11.9 Å². The molecule has 0 bridgehead atoms. The maximum absolute atomic E-state index is 12.8. The minimum absolute atomic E-state index is 0.0615. The van der Waals surface area contributed by atoms with E-state index in [1.165, 1.54) is 18.1 Å². The Hall–Kier alpha value is -4.40. The van der Waals surface area contributed by atoms with E-state index in [1.54, 1.807) is 42.5 Å². The van der Waals surface area contributed by atoms with Gasteiger partial charge in [-0.25, -0.2) is 14.6 Å². The van der Waals surface area contributed by atoms with Crippen molar-refractivity contribution in [3.8, 4) is 5.75 Å². The fourth-order valence-corrected chi connectivity index (χ4v) is 3.20. The zero-order valence-corrected chi connectivity index (χ0v) is 17.2. The van der Waals surface area contributed by atoms with Crippen molar-refractivity contribution in [1.82, 2.24) is 4.98 Å². The molecular formula is C23H20N4O5. The molecule has 2 aromatic carbocycles. The van der Waals surface area contributed by atoms with E-state index in [-0.39, 0.29) is 29.7 Å². The lowest BCUT2D eigenvalue weighted by Gasteiger charge is -2.28. The Morgan fingerprint density at radius 1 is 0.969 bits per heavy atom. The van der Waals surface area contributed by atoms with E-state index in [4.69, 9.17) is 9.47 Å². The van der Waals surface area contributed by atoms with Gasteiger partial charge in [-0.2, -0.15) is 0 Å². The number of hydrogen-bond acceptors (Lipinski definition) is 6. The number of para-hydroxylation sites is 2. The number of carbonyl (C=O) groups excluding carboxylic acids is 3. The monoisotopic (exact) mass is 432 g/mol. The minimum atomic E-state index is -0.573. The molecule has 9 heteroatoms. The van der Waals surface area contributed by atoms with Crippen molar-refractivity contribution in [2.24, 2.45) is 0 Å². The number of amides is 3. The lowest BCUT2D eigenvalue weighted by atomic mass is 10.1. The second-order valence-electron chi connectivity index (χ2n) is 6.81. The van der Waals surface area contributed by atoms with E-state index in [1.807, 2.05) is 18.2 Å². The Bertz CT molecular complexity index is 1170. The fraction of sp³-hybridized carbons (Fsp3) is 0.130. The highest BCUT2D eigenvalue weighted by atomic mass is 16.5. The highest BCUT2D eigenvalue weighted by Crippen LogP contribution is 2.30. The molecule has 0 saturated heterocycles. The molecule has 0 radical (unpaired) electrons. The molecule has 32 heavy (non-hydrogen) atoms. The summed E-state index contributed by atoms with van der Waals surface area (Å²) in [7, 11) is 1.26. The second-order valence-corrected chi connectivity index (χ2v) is 6.81. The van der Waals surface area contributed by atoms with Crippen LogP contribution in [0.4, 0.5) is 22.0 Å². The van der Waals surface area contributed by atoms with Crippen LogP contribution in [0.3, 0.4) is 0 Å². The van der Waals surface area contributed by atoms with Crippen LogP contribution >= 0.6 is 0 Å². The molecule has 1 aromatic heterocycles. The number of ether oxygens (including phenoxy) is 2. The number of carbonyl (C=O) groups is 3. The molecule has 0 fully saturated rings. The Morgan fingerprint density at radius 2 is 1.72 bits per heavy atom. The lowest BCUT2D eigenvalue weighted by molar-refractivity contribution is 0.0602. The number of hydrogen-bond donors (Lipinski definition) is 2. The molecule has 2 N–H and O–H groups in total. The first-order valence-corrected chi connectivity index (χ1v) is 9.83. The lowest BCUT2D eigenvalue weighted by Crippen LogP contribution is -2.41. The summed E-state index contributed by atoms with van der Waals surface area (Å²) in [4.78, 5) is 43.4. The van der Waals surface area contributed by atoms with Crippen molar-refractivity contribution in [3.63, 3.8) is 0 Å². The van der Waals surface area contributed by atoms with Crippen molar-refractivity contribution >= 4 is 35.1 Å². The number of methoxy groups -OCH3 is 1. The normalized spacial score (nSPS) is 12.2. The summed E-state index contributed by atoms with van der Waals surface area (Å²) in [5.74, 6) is -0.487. The fourth-order valence-electron chi connectivity index (χ4n) is 3.20. The molecule has 2 heterocycles. The van der Waals surface area contributed by atoms with Crippen LogP contribution in [-0.4, -0.2) is 43.2 Å². The maximum Gasteiger partial charge on any atom is 0.339 e. The number of aromatic nitrogens is 1. The van der Waals surface area contributed by atoms with Crippen LogP contribution in [-0.2, 0) is 4.74 Å². The van der Waals surface area contributed by atoms with E-state index in [0.29, 0.717) is 23.7 Å². The zero-order chi connectivity index (χ0) is 22.5. The zero-order valence-electron chi connectivity index (χ0n) is 17.2. The van der Waals surface area contributed by atoms with Crippen LogP contribution < -0.4 is 20.3 Å². The third-order valence-electron chi connectivity index (χ3n) is 4.75. The number of nitrogens with zero attached hydrogens (tertiary/aromatic N) is 2. The Balaban J connectivity index is 1.58. The molecule has 3 aromatic rings. The van der Waals surface area contributed by atoms with Crippen molar-refractivity contribution in [2.45, 2.75) is 0 Å². The molecular weight excluding hydrogens is 412 g/mol. The van der Waals surface area contributed by atoms with Crippen LogP contribution in [0.2, 0.25) is 0 Å². The molecule has 0 aliphatic carbocycles.